The van der Waals surface area contributed by atoms with E-state index < -0.39 is 36.9 Å². The van der Waals surface area contributed by atoms with Gasteiger partial charge in [0.1, 0.15) is 30.6 Å². The minimum Gasteiger partial charge on any atom is -0.394 e. The lowest BCUT2D eigenvalue weighted by Gasteiger charge is -2.26. The van der Waals surface area contributed by atoms with Gasteiger partial charge >= 0.3 is 6.03 Å². The van der Waals surface area contributed by atoms with Crippen LogP contribution in [0.1, 0.15) is 25.7 Å². The Hall–Kier alpha value is -1.40. The third kappa shape index (κ3) is 5.79. The van der Waals surface area contributed by atoms with Crippen LogP contribution in [0, 0.1) is 0 Å². The van der Waals surface area contributed by atoms with Crippen molar-refractivity contribution in [2.24, 2.45) is 0 Å². The van der Waals surface area contributed by atoms with E-state index in [1.165, 1.54) is 0 Å². The molecule has 154 valence electrons. The van der Waals surface area contributed by atoms with Gasteiger partial charge in [-0.25, -0.2) is 4.79 Å². The Labute approximate surface area is 161 Å². The Morgan fingerprint density at radius 3 is 2.67 bits per heavy atom. The molecule has 0 aromatic carbocycles. The van der Waals surface area contributed by atoms with Crippen LogP contribution in [-0.4, -0.2) is 92.7 Å². The molecule has 2 aliphatic heterocycles. The molecule has 0 unspecified atom stereocenters. The van der Waals surface area contributed by atoms with E-state index in [1.807, 2.05) is 0 Å². The zero-order chi connectivity index (χ0) is 20.0. The average Bonchev–Trinajstić information content (AvgIpc) is 3.20. The third-order valence-corrected chi connectivity index (χ3v) is 6.36. The molecule has 2 heterocycles. The molecule has 3 amide bonds. The molecule has 0 radical (unpaired) electrons. The van der Waals surface area contributed by atoms with Crippen molar-refractivity contribution in [1.82, 2.24) is 16.0 Å². The fourth-order valence-corrected chi connectivity index (χ4v) is 4.82. The van der Waals surface area contributed by atoms with E-state index in [4.69, 9.17) is 5.11 Å². The van der Waals surface area contributed by atoms with Gasteiger partial charge in [-0.1, -0.05) is 6.42 Å². The predicted molar refractivity (Wildman–Crippen MR) is 97.1 cm³/mol. The Balaban J connectivity index is 1.67. The molecule has 11 heteroatoms. The number of urea groups is 1. The maximum Gasteiger partial charge on any atom is 0.315 e. The number of aldehydes is 1. The van der Waals surface area contributed by atoms with Crippen molar-refractivity contribution >= 4 is 30.0 Å². The monoisotopic (exact) mass is 405 g/mol. The van der Waals surface area contributed by atoms with Crippen molar-refractivity contribution in [1.29, 1.82) is 0 Å². The highest BCUT2D eigenvalue weighted by molar-refractivity contribution is 8.00. The molecule has 0 aromatic rings. The van der Waals surface area contributed by atoms with Gasteiger partial charge < -0.3 is 41.2 Å². The summed E-state index contributed by atoms with van der Waals surface area (Å²) in [5.74, 6) is 0.416. The zero-order valence-corrected chi connectivity index (χ0v) is 15.6. The maximum atomic E-state index is 12.0. The summed E-state index contributed by atoms with van der Waals surface area (Å²) in [6.45, 7) is -0.783. The SMILES string of the molecule is O=C[C@@H](NC(=O)CCCC[C@@H]1SC[C@@H]2NC(=O)N[C@@H]21)[C@@H](O)[C@H](O)[C@H](O)CO. The summed E-state index contributed by atoms with van der Waals surface area (Å²) in [4.78, 5) is 34.4. The smallest absolute Gasteiger partial charge is 0.315 e. The highest BCUT2D eigenvalue weighted by atomic mass is 32.2. The Morgan fingerprint density at radius 2 is 2.00 bits per heavy atom. The molecule has 0 spiro atoms. The summed E-state index contributed by atoms with van der Waals surface area (Å²) in [7, 11) is 0. The molecule has 2 aliphatic rings. The van der Waals surface area contributed by atoms with Gasteiger partial charge in [-0.2, -0.15) is 11.8 Å². The average molecular weight is 405 g/mol. The van der Waals surface area contributed by atoms with Gasteiger partial charge in [0, 0.05) is 17.4 Å². The quantitative estimate of drug-likeness (QED) is 0.112. The normalized spacial score (nSPS) is 28.4. The first kappa shape index (κ1) is 21.9. The van der Waals surface area contributed by atoms with E-state index in [0.29, 0.717) is 11.7 Å². The van der Waals surface area contributed by atoms with Crippen LogP contribution < -0.4 is 16.0 Å². The zero-order valence-electron chi connectivity index (χ0n) is 14.8. The number of carbonyl (C=O) groups is 3. The predicted octanol–water partition coefficient (Wildman–Crippen LogP) is -2.53. The number of amides is 3. The van der Waals surface area contributed by atoms with E-state index in [1.54, 1.807) is 11.8 Å². The molecule has 27 heavy (non-hydrogen) atoms. The molecule has 0 bridgehead atoms. The van der Waals surface area contributed by atoms with E-state index in [0.717, 1.165) is 18.6 Å². The molecular formula is C16H27N3O7S. The Morgan fingerprint density at radius 1 is 1.26 bits per heavy atom. The topological polar surface area (TPSA) is 168 Å². The van der Waals surface area contributed by atoms with Gasteiger partial charge in [-0.15, -0.1) is 0 Å². The lowest BCUT2D eigenvalue weighted by molar-refractivity contribution is -0.131. The highest BCUT2D eigenvalue weighted by Crippen LogP contribution is 2.33. The van der Waals surface area contributed by atoms with E-state index >= 15 is 0 Å². The van der Waals surface area contributed by atoms with E-state index in [9.17, 15) is 29.7 Å². The molecule has 0 saturated carbocycles. The lowest BCUT2D eigenvalue weighted by Crippen LogP contribution is -2.53. The van der Waals surface area contributed by atoms with Crippen molar-refractivity contribution in [3.05, 3.63) is 0 Å². The fourth-order valence-electron chi connectivity index (χ4n) is 3.28. The summed E-state index contributed by atoms with van der Waals surface area (Å²) in [5, 5.41) is 45.9. The fraction of sp³-hybridized carbons (Fsp3) is 0.812. The Kier molecular flexibility index (Phi) is 8.29. The van der Waals surface area contributed by atoms with Crippen molar-refractivity contribution in [3.63, 3.8) is 0 Å². The number of unbranched alkanes of at least 4 members (excludes halogenated alkanes) is 1. The summed E-state index contributed by atoms with van der Waals surface area (Å²) >= 11 is 1.79. The summed E-state index contributed by atoms with van der Waals surface area (Å²) < 4.78 is 0. The van der Waals surface area contributed by atoms with Crippen molar-refractivity contribution in [3.8, 4) is 0 Å². The molecule has 2 rings (SSSR count). The summed E-state index contributed by atoms with van der Waals surface area (Å²) in [6, 6.07) is -1.24. The maximum absolute atomic E-state index is 12.0. The molecule has 0 aromatic heterocycles. The summed E-state index contributed by atoms with van der Waals surface area (Å²) in [5.41, 5.74) is 0. The second-order valence-corrected chi connectivity index (χ2v) is 8.10. The minimum atomic E-state index is -1.76. The minimum absolute atomic E-state index is 0.116. The number of hydrogen-bond acceptors (Lipinski definition) is 8. The van der Waals surface area contributed by atoms with E-state index in [2.05, 4.69) is 16.0 Å². The van der Waals surface area contributed by atoms with Gasteiger partial charge in [0.05, 0.1) is 18.7 Å². The summed E-state index contributed by atoms with van der Waals surface area (Å²) in [6.07, 6.45) is -2.48. The van der Waals surface area contributed by atoms with Crippen molar-refractivity contribution < 1.29 is 34.8 Å². The lowest BCUT2D eigenvalue weighted by atomic mass is 10.0. The van der Waals surface area contributed by atoms with Crippen LogP contribution in [0.3, 0.4) is 0 Å². The second-order valence-electron chi connectivity index (χ2n) is 6.83. The number of aliphatic hydroxyl groups is 4. The van der Waals surface area contributed by atoms with Crippen molar-refractivity contribution in [2.75, 3.05) is 12.4 Å². The van der Waals surface area contributed by atoms with Crippen LogP contribution in [0.2, 0.25) is 0 Å². The number of carbonyl (C=O) groups excluding carboxylic acids is 3. The first-order valence-electron chi connectivity index (χ1n) is 8.95. The van der Waals surface area contributed by atoms with Crippen LogP contribution in [0.15, 0.2) is 0 Å². The molecule has 2 saturated heterocycles. The second kappa shape index (κ2) is 10.2. The number of hydrogen-bond donors (Lipinski definition) is 7. The first-order chi connectivity index (χ1) is 12.9. The van der Waals surface area contributed by atoms with Crippen molar-refractivity contribution in [2.45, 2.75) is 67.4 Å². The molecule has 2 fully saturated rings. The van der Waals surface area contributed by atoms with Crippen LogP contribution >= 0.6 is 11.8 Å². The van der Waals surface area contributed by atoms with Gasteiger partial charge in [-0.3, -0.25) is 4.79 Å². The van der Waals surface area contributed by atoms with Crippen LogP contribution in [0.4, 0.5) is 4.79 Å². The van der Waals surface area contributed by atoms with Crippen LogP contribution in [0.5, 0.6) is 0 Å². The van der Waals surface area contributed by atoms with Crippen LogP contribution in [-0.2, 0) is 9.59 Å². The molecular weight excluding hydrogens is 378 g/mol. The molecule has 0 aliphatic carbocycles. The van der Waals surface area contributed by atoms with Gasteiger partial charge in [0.2, 0.25) is 5.91 Å². The molecule has 7 N–H and O–H groups in total. The van der Waals surface area contributed by atoms with E-state index in [-0.39, 0.29) is 30.8 Å². The number of fused-ring (bicyclic) bond motifs is 1. The Bertz CT molecular complexity index is 538. The number of rotatable bonds is 11. The number of nitrogens with one attached hydrogen (secondary N) is 3. The highest BCUT2D eigenvalue weighted by Gasteiger charge is 2.42. The number of thioether (sulfide) groups is 1. The third-order valence-electron chi connectivity index (χ3n) is 4.85. The largest absolute Gasteiger partial charge is 0.394 e. The first-order valence-corrected chi connectivity index (χ1v) is 10.0. The van der Waals surface area contributed by atoms with Gasteiger partial charge in [0.25, 0.3) is 0 Å². The standard InChI is InChI=1S/C16H27N3O7S/c20-5-8(14(24)15(25)10(22)6-21)17-12(23)4-2-1-3-11-13-9(7-27-11)18-16(26)19-13/h5,8-11,13-15,21-22,24-25H,1-4,6-7H2,(H,17,23)(H2,18,19,26)/t8-,9+,10-,11+,13+,14-,15-/m1/s1. The number of aliphatic hydroxyl groups excluding tert-OH is 4. The molecule has 10 nitrogen and oxygen atoms in total. The molecule has 7 atom stereocenters. The van der Waals surface area contributed by atoms with Crippen LogP contribution in [0.25, 0.3) is 0 Å². The van der Waals surface area contributed by atoms with Gasteiger partial charge in [-0.05, 0) is 12.8 Å². The van der Waals surface area contributed by atoms with Gasteiger partial charge in [0.15, 0.2) is 0 Å².